The summed E-state index contributed by atoms with van der Waals surface area (Å²) >= 11 is 0. The Kier molecular flexibility index (Phi) is 6.48. The van der Waals surface area contributed by atoms with Crippen LogP contribution >= 0.6 is 0 Å². The molecule has 0 saturated carbocycles. The molecule has 0 aliphatic carbocycles. The number of hydrogen-bond acceptors (Lipinski definition) is 4. The van der Waals surface area contributed by atoms with Crippen molar-refractivity contribution in [3.05, 3.63) is 29.8 Å². The van der Waals surface area contributed by atoms with E-state index < -0.39 is 18.0 Å². The summed E-state index contributed by atoms with van der Waals surface area (Å²) in [6.45, 7) is 2.50. The van der Waals surface area contributed by atoms with Crippen molar-refractivity contribution in [2.75, 3.05) is 6.61 Å². The highest BCUT2D eigenvalue weighted by atomic mass is 16.5. The molecule has 2 atom stereocenters. The lowest BCUT2D eigenvalue weighted by atomic mass is 10.00. The van der Waals surface area contributed by atoms with Crippen LogP contribution in [-0.2, 0) is 11.2 Å². The lowest BCUT2D eigenvalue weighted by molar-refractivity contribution is -0.120. The van der Waals surface area contributed by atoms with Gasteiger partial charge in [-0.2, -0.15) is 0 Å². The number of amides is 2. The average molecular weight is 295 g/mol. The molecule has 1 aromatic rings. The third-order valence-corrected chi connectivity index (χ3v) is 2.91. The van der Waals surface area contributed by atoms with Crippen LogP contribution in [0.3, 0.4) is 0 Å². The van der Waals surface area contributed by atoms with Crippen LogP contribution in [0.2, 0.25) is 0 Å². The molecular formula is C14H21N3O4. The maximum atomic E-state index is 11.2. The zero-order valence-corrected chi connectivity index (χ0v) is 11.9. The Bertz CT molecular complexity index is 476. The zero-order valence-electron chi connectivity index (χ0n) is 11.9. The van der Waals surface area contributed by atoms with Crippen LogP contribution in [0, 0.1) is 0 Å². The van der Waals surface area contributed by atoms with Gasteiger partial charge in [-0.3, -0.25) is 4.79 Å². The first-order chi connectivity index (χ1) is 9.92. The summed E-state index contributed by atoms with van der Waals surface area (Å²) < 4.78 is 5.34. The van der Waals surface area contributed by atoms with Crippen LogP contribution in [0.15, 0.2) is 24.3 Å². The predicted octanol–water partition coefficient (Wildman–Crippen LogP) is 0.467. The number of nitrogens with one attached hydrogen (secondary N) is 1. The molecule has 0 bridgehead atoms. The quantitative estimate of drug-likeness (QED) is 0.554. The van der Waals surface area contributed by atoms with Gasteiger partial charge in [0.25, 0.3) is 0 Å². The van der Waals surface area contributed by atoms with Gasteiger partial charge in [0, 0.05) is 6.04 Å². The van der Waals surface area contributed by atoms with E-state index in [0.29, 0.717) is 13.0 Å². The molecule has 2 unspecified atom stereocenters. The monoisotopic (exact) mass is 295 g/mol. The van der Waals surface area contributed by atoms with Crippen molar-refractivity contribution < 1.29 is 19.4 Å². The maximum Gasteiger partial charge on any atom is 0.405 e. The van der Waals surface area contributed by atoms with Gasteiger partial charge in [0.15, 0.2) is 0 Å². The van der Waals surface area contributed by atoms with Crippen molar-refractivity contribution in [1.29, 1.82) is 0 Å². The minimum Gasteiger partial charge on any atom is -0.494 e. The van der Waals surface area contributed by atoms with E-state index in [9.17, 15) is 9.59 Å². The molecule has 0 aliphatic heterocycles. The molecule has 7 nitrogen and oxygen atoms in total. The van der Waals surface area contributed by atoms with Crippen LogP contribution in [0.5, 0.6) is 5.75 Å². The molecule has 21 heavy (non-hydrogen) atoms. The Morgan fingerprint density at radius 2 is 1.95 bits per heavy atom. The molecule has 6 N–H and O–H groups in total. The number of carbonyl (C=O) groups excluding carboxylic acids is 1. The van der Waals surface area contributed by atoms with E-state index in [-0.39, 0.29) is 12.5 Å². The van der Waals surface area contributed by atoms with E-state index in [1.807, 2.05) is 31.2 Å². The number of carboxylic acid groups (broad SMARTS) is 1. The second-order valence-electron chi connectivity index (χ2n) is 4.68. The van der Waals surface area contributed by atoms with Gasteiger partial charge >= 0.3 is 6.09 Å². The molecule has 0 fully saturated rings. The van der Waals surface area contributed by atoms with Gasteiger partial charge in [-0.15, -0.1) is 0 Å². The first-order valence-corrected chi connectivity index (χ1v) is 6.68. The third kappa shape index (κ3) is 6.13. The van der Waals surface area contributed by atoms with Crippen LogP contribution in [0.1, 0.15) is 18.9 Å². The molecule has 0 aromatic heterocycles. The molecule has 0 heterocycles. The average Bonchev–Trinajstić information content (AvgIpc) is 2.40. The minimum atomic E-state index is -1.30. The highest BCUT2D eigenvalue weighted by Gasteiger charge is 2.20. The van der Waals surface area contributed by atoms with Gasteiger partial charge in [-0.1, -0.05) is 12.1 Å². The summed E-state index contributed by atoms with van der Waals surface area (Å²) in [5.74, 6) is 0.0388. The van der Waals surface area contributed by atoms with Crippen LogP contribution in [-0.4, -0.2) is 35.8 Å². The standard InChI is InChI=1S/C14H21N3O4/c1-2-21-11-5-3-9(4-6-11)7-10(15)8-12(13(16)18)17-14(19)20/h3-6,10,12,17H,2,7-8,15H2,1H3,(H2,16,18)(H,19,20). The van der Waals surface area contributed by atoms with Gasteiger partial charge in [-0.25, -0.2) is 4.79 Å². The lowest BCUT2D eigenvalue weighted by Crippen LogP contribution is -2.47. The SMILES string of the molecule is CCOc1ccc(CC(N)CC(NC(=O)O)C(N)=O)cc1. The van der Waals surface area contributed by atoms with Crippen molar-refractivity contribution in [3.8, 4) is 5.75 Å². The summed E-state index contributed by atoms with van der Waals surface area (Å²) in [4.78, 5) is 21.7. The number of rotatable bonds is 8. The Hall–Kier alpha value is -2.28. The highest BCUT2D eigenvalue weighted by molar-refractivity contribution is 5.83. The molecule has 0 spiro atoms. The van der Waals surface area contributed by atoms with Gasteiger partial charge < -0.3 is 26.6 Å². The number of ether oxygens (including phenoxy) is 1. The van der Waals surface area contributed by atoms with Crippen LogP contribution < -0.4 is 21.5 Å². The number of benzene rings is 1. The highest BCUT2D eigenvalue weighted by Crippen LogP contribution is 2.14. The fraction of sp³-hybridized carbons (Fsp3) is 0.429. The first-order valence-electron chi connectivity index (χ1n) is 6.68. The molecular weight excluding hydrogens is 274 g/mol. The number of carbonyl (C=O) groups is 2. The summed E-state index contributed by atoms with van der Waals surface area (Å²) in [6.07, 6.45) is -0.640. The fourth-order valence-electron chi connectivity index (χ4n) is 1.97. The van der Waals surface area contributed by atoms with E-state index in [2.05, 4.69) is 5.32 Å². The Morgan fingerprint density at radius 3 is 2.43 bits per heavy atom. The summed E-state index contributed by atoms with van der Waals surface area (Å²) in [5.41, 5.74) is 12.1. The minimum absolute atomic E-state index is 0.148. The number of hydrogen-bond donors (Lipinski definition) is 4. The van der Waals surface area contributed by atoms with Gasteiger partial charge in [-0.05, 0) is 37.5 Å². The molecule has 0 radical (unpaired) electrons. The molecule has 0 aliphatic rings. The Balaban J connectivity index is 2.56. The lowest BCUT2D eigenvalue weighted by Gasteiger charge is -2.18. The first kappa shape index (κ1) is 16.8. The van der Waals surface area contributed by atoms with E-state index in [1.165, 1.54) is 0 Å². The number of nitrogens with two attached hydrogens (primary N) is 2. The van der Waals surface area contributed by atoms with Crippen molar-refractivity contribution in [1.82, 2.24) is 5.32 Å². The van der Waals surface area contributed by atoms with Gasteiger partial charge in [0.1, 0.15) is 11.8 Å². The van der Waals surface area contributed by atoms with Crippen molar-refractivity contribution in [3.63, 3.8) is 0 Å². The van der Waals surface area contributed by atoms with E-state index in [4.69, 9.17) is 21.3 Å². The predicted molar refractivity (Wildman–Crippen MR) is 78.1 cm³/mol. The topological polar surface area (TPSA) is 128 Å². The molecule has 0 saturated heterocycles. The summed E-state index contributed by atoms with van der Waals surface area (Å²) in [6, 6.07) is 6.08. The van der Waals surface area contributed by atoms with E-state index >= 15 is 0 Å². The van der Waals surface area contributed by atoms with E-state index in [0.717, 1.165) is 11.3 Å². The smallest absolute Gasteiger partial charge is 0.405 e. The Morgan fingerprint density at radius 1 is 1.33 bits per heavy atom. The maximum absolute atomic E-state index is 11.2. The zero-order chi connectivity index (χ0) is 15.8. The molecule has 116 valence electrons. The Labute approximate surface area is 123 Å². The number of primary amides is 1. The second-order valence-corrected chi connectivity index (χ2v) is 4.68. The van der Waals surface area contributed by atoms with Gasteiger partial charge in [0.05, 0.1) is 6.61 Å². The molecule has 1 rings (SSSR count). The summed E-state index contributed by atoms with van der Waals surface area (Å²) in [7, 11) is 0. The molecule has 1 aromatic carbocycles. The van der Waals surface area contributed by atoms with Crippen molar-refractivity contribution >= 4 is 12.0 Å². The second kappa shape index (κ2) is 8.11. The van der Waals surface area contributed by atoms with Crippen LogP contribution in [0.25, 0.3) is 0 Å². The van der Waals surface area contributed by atoms with Gasteiger partial charge in [0.2, 0.25) is 5.91 Å². The van der Waals surface area contributed by atoms with Crippen molar-refractivity contribution in [2.24, 2.45) is 11.5 Å². The molecule has 7 heteroatoms. The largest absolute Gasteiger partial charge is 0.494 e. The fourth-order valence-corrected chi connectivity index (χ4v) is 1.97. The molecule has 2 amide bonds. The normalized spacial score (nSPS) is 13.2. The third-order valence-electron chi connectivity index (χ3n) is 2.91. The summed E-state index contributed by atoms with van der Waals surface area (Å²) in [5, 5.41) is 10.7. The van der Waals surface area contributed by atoms with Crippen LogP contribution in [0.4, 0.5) is 4.79 Å². The van der Waals surface area contributed by atoms with E-state index in [1.54, 1.807) is 0 Å². The van der Waals surface area contributed by atoms with Crippen molar-refractivity contribution in [2.45, 2.75) is 31.8 Å².